The fraction of sp³-hybridized carbons (Fsp3) is 0.300. The summed E-state index contributed by atoms with van der Waals surface area (Å²) < 4.78 is 9.82. The number of carbonyl (C=O) groups is 2. The van der Waals surface area contributed by atoms with Gasteiger partial charge in [-0.05, 0) is 54.7 Å². The largest absolute Gasteiger partial charge is 0.482 e. The molecule has 1 atom stereocenters. The molecule has 25 heavy (non-hydrogen) atoms. The highest BCUT2D eigenvalue weighted by atomic mass is 16.6. The number of esters is 1. The Morgan fingerprint density at radius 2 is 1.88 bits per heavy atom. The van der Waals surface area contributed by atoms with Crippen molar-refractivity contribution in [1.29, 1.82) is 0 Å². The molecule has 0 aromatic heterocycles. The van der Waals surface area contributed by atoms with Crippen LogP contribution in [0.25, 0.3) is 0 Å². The van der Waals surface area contributed by atoms with Crippen molar-refractivity contribution < 1.29 is 19.1 Å². The van der Waals surface area contributed by atoms with Crippen LogP contribution < -0.4 is 10.1 Å². The van der Waals surface area contributed by atoms with Crippen molar-refractivity contribution in [2.75, 3.05) is 19.0 Å². The molecule has 130 valence electrons. The van der Waals surface area contributed by atoms with Gasteiger partial charge in [0, 0.05) is 5.69 Å². The van der Waals surface area contributed by atoms with Gasteiger partial charge in [0.2, 0.25) is 5.91 Å². The van der Waals surface area contributed by atoms with Crippen molar-refractivity contribution in [2.24, 2.45) is 0 Å². The average molecular weight is 339 g/mol. The van der Waals surface area contributed by atoms with Crippen LogP contribution in [0.1, 0.15) is 29.9 Å². The molecule has 0 bridgehead atoms. The first kappa shape index (κ1) is 17.0. The molecule has 2 aromatic rings. The average Bonchev–Trinajstić information content (AvgIpc) is 2.66. The van der Waals surface area contributed by atoms with E-state index in [1.165, 1.54) is 12.7 Å². The van der Waals surface area contributed by atoms with E-state index in [1.807, 2.05) is 18.2 Å². The molecular formula is C20H21NO4. The summed E-state index contributed by atoms with van der Waals surface area (Å²) in [5.41, 5.74) is 3.10. The fourth-order valence-electron chi connectivity index (χ4n) is 3.09. The van der Waals surface area contributed by atoms with E-state index in [1.54, 1.807) is 24.3 Å². The summed E-state index contributed by atoms with van der Waals surface area (Å²) in [6.45, 7) is -0.138. The van der Waals surface area contributed by atoms with E-state index in [0.717, 1.165) is 24.8 Å². The number of methoxy groups -OCH3 is 1. The molecule has 2 aromatic carbocycles. The maximum Gasteiger partial charge on any atom is 0.343 e. The van der Waals surface area contributed by atoms with Crippen molar-refractivity contribution in [3.05, 3.63) is 59.7 Å². The van der Waals surface area contributed by atoms with E-state index in [4.69, 9.17) is 4.74 Å². The Labute approximate surface area is 147 Å². The highest BCUT2D eigenvalue weighted by molar-refractivity contribution is 5.96. The summed E-state index contributed by atoms with van der Waals surface area (Å²) in [4.78, 5) is 23.7. The monoisotopic (exact) mass is 339 g/mol. The van der Waals surface area contributed by atoms with E-state index in [2.05, 4.69) is 16.1 Å². The molecule has 1 amide bonds. The Hall–Kier alpha value is -2.82. The molecular weight excluding hydrogens is 318 g/mol. The lowest BCUT2D eigenvalue weighted by Crippen LogP contribution is -2.24. The first-order valence-corrected chi connectivity index (χ1v) is 8.35. The van der Waals surface area contributed by atoms with Crippen LogP contribution in [0.15, 0.2) is 48.5 Å². The number of nitrogens with one attached hydrogen (secondary N) is 1. The van der Waals surface area contributed by atoms with Gasteiger partial charge in [-0.3, -0.25) is 4.79 Å². The normalized spacial score (nSPS) is 15.8. The number of hydrogen-bond donors (Lipinski definition) is 1. The Balaban J connectivity index is 1.63. The standard InChI is InChI=1S/C20H21NO4/c1-24-19(22)13-25-16-11-9-15(10-12-16)21-20(23)18-8-4-6-14-5-2-3-7-17(14)18/h2-3,5,7,9-12,18H,4,6,8,13H2,1H3,(H,21,23). The SMILES string of the molecule is COC(=O)COc1ccc(NC(=O)C2CCCc3ccccc32)cc1. The van der Waals surface area contributed by atoms with Crippen LogP contribution in [0.3, 0.4) is 0 Å². The third kappa shape index (κ3) is 4.18. The number of amides is 1. The van der Waals surface area contributed by atoms with Crippen LogP contribution >= 0.6 is 0 Å². The number of ether oxygens (including phenoxy) is 2. The molecule has 1 aliphatic rings. The third-order valence-corrected chi connectivity index (χ3v) is 4.39. The minimum Gasteiger partial charge on any atom is -0.482 e. The number of carbonyl (C=O) groups excluding carboxylic acids is 2. The van der Waals surface area contributed by atoms with Gasteiger partial charge in [0.1, 0.15) is 5.75 Å². The maximum absolute atomic E-state index is 12.7. The minimum atomic E-state index is -0.437. The topological polar surface area (TPSA) is 64.6 Å². The number of anilines is 1. The van der Waals surface area contributed by atoms with Crippen molar-refractivity contribution in [2.45, 2.75) is 25.2 Å². The van der Waals surface area contributed by atoms with E-state index in [0.29, 0.717) is 11.4 Å². The van der Waals surface area contributed by atoms with Gasteiger partial charge in [-0.15, -0.1) is 0 Å². The van der Waals surface area contributed by atoms with Gasteiger partial charge in [-0.25, -0.2) is 4.79 Å². The van der Waals surface area contributed by atoms with E-state index >= 15 is 0 Å². The number of fused-ring (bicyclic) bond motifs is 1. The van der Waals surface area contributed by atoms with E-state index in [-0.39, 0.29) is 18.4 Å². The number of hydrogen-bond acceptors (Lipinski definition) is 4. The van der Waals surface area contributed by atoms with Gasteiger partial charge >= 0.3 is 5.97 Å². The zero-order valence-corrected chi connectivity index (χ0v) is 14.2. The third-order valence-electron chi connectivity index (χ3n) is 4.39. The highest BCUT2D eigenvalue weighted by Crippen LogP contribution is 2.32. The first-order valence-electron chi connectivity index (χ1n) is 8.35. The zero-order valence-electron chi connectivity index (χ0n) is 14.2. The number of benzene rings is 2. The van der Waals surface area contributed by atoms with Gasteiger partial charge in [-0.1, -0.05) is 24.3 Å². The van der Waals surface area contributed by atoms with Crippen molar-refractivity contribution in [3.8, 4) is 5.75 Å². The molecule has 5 heteroatoms. The molecule has 0 fully saturated rings. The van der Waals surface area contributed by atoms with Gasteiger partial charge in [0.25, 0.3) is 0 Å². The molecule has 0 heterocycles. The highest BCUT2D eigenvalue weighted by Gasteiger charge is 2.26. The second-order valence-electron chi connectivity index (χ2n) is 6.02. The molecule has 0 aliphatic heterocycles. The molecule has 1 unspecified atom stereocenters. The minimum absolute atomic E-state index is 0.00961. The molecule has 0 radical (unpaired) electrons. The van der Waals surface area contributed by atoms with E-state index < -0.39 is 5.97 Å². The predicted molar refractivity (Wildman–Crippen MR) is 94.7 cm³/mol. The van der Waals surface area contributed by atoms with Crippen LogP contribution in [0.4, 0.5) is 5.69 Å². The van der Waals surface area contributed by atoms with Crippen LogP contribution in [0.2, 0.25) is 0 Å². The summed E-state index contributed by atoms with van der Waals surface area (Å²) in [7, 11) is 1.31. The summed E-state index contributed by atoms with van der Waals surface area (Å²) >= 11 is 0. The maximum atomic E-state index is 12.7. The first-order chi connectivity index (χ1) is 12.2. The van der Waals surface area contributed by atoms with Crippen LogP contribution in [-0.2, 0) is 20.7 Å². The van der Waals surface area contributed by atoms with Crippen LogP contribution in [-0.4, -0.2) is 25.6 Å². The smallest absolute Gasteiger partial charge is 0.343 e. The van der Waals surface area contributed by atoms with Crippen molar-refractivity contribution in [1.82, 2.24) is 0 Å². The molecule has 0 spiro atoms. The zero-order chi connectivity index (χ0) is 17.6. The van der Waals surface area contributed by atoms with Crippen molar-refractivity contribution >= 4 is 17.6 Å². The predicted octanol–water partition coefficient (Wildman–Crippen LogP) is 3.30. The van der Waals surface area contributed by atoms with Gasteiger partial charge in [-0.2, -0.15) is 0 Å². The summed E-state index contributed by atoms with van der Waals surface area (Å²) in [5.74, 6) is 0.00957. The number of aryl methyl sites for hydroxylation is 1. The summed E-state index contributed by atoms with van der Waals surface area (Å²) in [6.07, 6.45) is 2.92. The Bertz CT molecular complexity index is 755. The second kappa shape index (κ2) is 7.83. The molecule has 5 nitrogen and oxygen atoms in total. The number of rotatable bonds is 5. The summed E-state index contributed by atoms with van der Waals surface area (Å²) in [6, 6.07) is 15.1. The molecule has 0 saturated heterocycles. The second-order valence-corrected chi connectivity index (χ2v) is 6.02. The molecule has 1 N–H and O–H groups in total. The van der Waals surface area contributed by atoms with Gasteiger partial charge in [0.05, 0.1) is 13.0 Å². The lowest BCUT2D eigenvalue weighted by molar-refractivity contribution is -0.142. The molecule has 0 saturated carbocycles. The lowest BCUT2D eigenvalue weighted by Gasteiger charge is -2.24. The van der Waals surface area contributed by atoms with Crippen LogP contribution in [0.5, 0.6) is 5.75 Å². The Morgan fingerprint density at radius 3 is 2.64 bits per heavy atom. The Kier molecular flexibility index (Phi) is 5.33. The van der Waals surface area contributed by atoms with Gasteiger partial charge < -0.3 is 14.8 Å². The molecule has 3 rings (SSSR count). The quantitative estimate of drug-likeness (QED) is 0.849. The van der Waals surface area contributed by atoms with E-state index in [9.17, 15) is 9.59 Å². The van der Waals surface area contributed by atoms with Crippen LogP contribution in [0, 0.1) is 0 Å². The molecule has 1 aliphatic carbocycles. The fourth-order valence-corrected chi connectivity index (χ4v) is 3.09. The van der Waals surface area contributed by atoms with Crippen molar-refractivity contribution in [3.63, 3.8) is 0 Å². The Morgan fingerprint density at radius 1 is 1.12 bits per heavy atom. The summed E-state index contributed by atoms with van der Waals surface area (Å²) in [5, 5.41) is 2.97. The lowest BCUT2D eigenvalue weighted by atomic mass is 9.82. The van der Waals surface area contributed by atoms with Gasteiger partial charge in [0.15, 0.2) is 6.61 Å².